The van der Waals surface area contributed by atoms with Crippen molar-refractivity contribution in [1.82, 2.24) is 10.3 Å². The van der Waals surface area contributed by atoms with Crippen LogP contribution in [-0.2, 0) is 19.1 Å². The number of methoxy groups -OCH3 is 1. The van der Waals surface area contributed by atoms with E-state index in [1.165, 1.54) is 6.07 Å². The van der Waals surface area contributed by atoms with Gasteiger partial charge in [-0.1, -0.05) is 0 Å². The lowest BCUT2D eigenvalue weighted by molar-refractivity contribution is -0.129. The van der Waals surface area contributed by atoms with Crippen LogP contribution in [-0.4, -0.2) is 41.7 Å². The summed E-state index contributed by atoms with van der Waals surface area (Å²) in [6.45, 7) is 7.71. The number of halogens is 1. The summed E-state index contributed by atoms with van der Waals surface area (Å²) >= 11 is 0. The SMILES string of the molecule is COCC(C)(C)NC(=O)CC1CC(=O)C(c2c(C)cc(-c3ccc(F)cn3)cc2C)C1=O. The number of Topliss-reactive ketones (excluding diaryl/α,β-unsaturated/α-hetero) is 2. The van der Waals surface area contributed by atoms with Crippen LogP contribution in [0.2, 0.25) is 0 Å². The molecule has 1 heterocycles. The van der Waals surface area contributed by atoms with E-state index >= 15 is 0 Å². The van der Waals surface area contributed by atoms with E-state index in [0.717, 1.165) is 22.9 Å². The molecule has 2 aromatic rings. The second-order valence-corrected chi connectivity index (χ2v) is 9.16. The van der Waals surface area contributed by atoms with Crippen molar-refractivity contribution in [3.05, 3.63) is 53.0 Å². The fourth-order valence-electron chi connectivity index (χ4n) is 4.51. The average molecular weight is 441 g/mol. The Hall–Kier alpha value is -2.93. The van der Waals surface area contributed by atoms with Crippen molar-refractivity contribution in [1.29, 1.82) is 0 Å². The molecule has 0 spiro atoms. The predicted octanol–water partition coefficient (Wildman–Crippen LogP) is 3.68. The maximum Gasteiger partial charge on any atom is 0.221 e. The summed E-state index contributed by atoms with van der Waals surface area (Å²) < 4.78 is 18.3. The van der Waals surface area contributed by atoms with Crippen LogP contribution >= 0.6 is 0 Å². The van der Waals surface area contributed by atoms with Gasteiger partial charge in [-0.2, -0.15) is 0 Å². The first-order valence-corrected chi connectivity index (χ1v) is 10.6. The number of hydrogen-bond donors (Lipinski definition) is 1. The van der Waals surface area contributed by atoms with Crippen molar-refractivity contribution in [2.75, 3.05) is 13.7 Å². The number of carbonyl (C=O) groups is 3. The molecule has 1 fully saturated rings. The zero-order chi connectivity index (χ0) is 23.6. The fourth-order valence-corrected chi connectivity index (χ4v) is 4.51. The van der Waals surface area contributed by atoms with Crippen LogP contribution in [0.1, 0.15) is 49.3 Å². The van der Waals surface area contributed by atoms with Crippen molar-refractivity contribution in [2.45, 2.75) is 52.0 Å². The molecule has 1 amide bonds. The van der Waals surface area contributed by atoms with E-state index in [2.05, 4.69) is 10.3 Å². The number of nitrogens with one attached hydrogen (secondary N) is 1. The fraction of sp³-hybridized carbons (Fsp3) is 0.440. The Morgan fingerprint density at radius 3 is 2.44 bits per heavy atom. The third-order valence-electron chi connectivity index (χ3n) is 5.78. The van der Waals surface area contributed by atoms with Crippen LogP contribution in [0.3, 0.4) is 0 Å². The molecular formula is C25H29FN2O4. The molecule has 2 unspecified atom stereocenters. The number of ketones is 2. The number of hydrogen-bond acceptors (Lipinski definition) is 5. The number of rotatable bonds is 7. The van der Waals surface area contributed by atoms with Gasteiger partial charge in [-0.15, -0.1) is 0 Å². The lowest BCUT2D eigenvalue weighted by Crippen LogP contribution is -2.47. The Morgan fingerprint density at radius 1 is 1.22 bits per heavy atom. The maximum absolute atomic E-state index is 13.2. The van der Waals surface area contributed by atoms with Gasteiger partial charge in [-0.25, -0.2) is 4.39 Å². The average Bonchev–Trinajstić information content (AvgIpc) is 2.95. The van der Waals surface area contributed by atoms with Crippen LogP contribution in [0.5, 0.6) is 0 Å². The van der Waals surface area contributed by atoms with Crippen LogP contribution in [0.25, 0.3) is 11.3 Å². The topological polar surface area (TPSA) is 85.4 Å². The molecule has 1 aliphatic carbocycles. The van der Waals surface area contributed by atoms with E-state index in [4.69, 9.17) is 4.74 Å². The molecule has 1 aromatic carbocycles. The van der Waals surface area contributed by atoms with Crippen molar-refractivity contribution in [3.63, 3.8) is 0 Å². The van der Waals surface area contributed by atoms with Crippen molar-refractivity contribution in [2.24, 2.45) is 5.92 Å². The monoisotopic (exact) mass is 440 g/mol. The van der Waals surface area contributed by atoms with E-state index in [1.807, 2.05) is 39.8 Å². The Bertz CT molecular complexity index is 1020. The standard InChI is InChI=1S/C25H29FN2O4/c1-14-8-16(19-7-6-18(26)12-27-19)9-15(2)22(14)23-20(29)10-17(24(23)31)11-21(30)28-25(3,4)13-32-5/h6-9,12,17,23H,10-11,13H2,1-5H3,(H,28,30). The third kappa shape index (κ3) is 5.10. The van der Waals surface area contributed by atoms with Crippen molar-refractivity contribution < 1.29 is 23.5 Å². The molecule has 7 heteroatoms. The lowest BCUT2D eigenvalue weighted by Gasteiger charge is -2.25. The van der Waals surface area contributed by atoms with Gasteiger partial charge in [0.15, 0.2) is 5.78 Å². The maximum atomic E-state index is 13.2. The summed E-state index contributed by atoms with van der Waals surface area (Å²) in [7, 11) is 1.56. The van der Waals surface area contributed by atoms with E-state index in [0.29, 0.717) is 17.9 Å². The van der Waals surface area contributed by atoms with Crippen molar-refractivity contribution >= 4 is 17.5 Å². The largest absolute Gasteiger partial charge is 0.382 e. The molecule has 170 valence electrons. The second kappa shape index (κ2) is 9.28. The summed E-state index contributed by atoms with van der Waals surface area (Å²) in [6, 6.07) is 6.65. The minimum absolute atomic E-state index is 0.0239. The molecule has 1 aliphatic rings. The Balaban J connectivity index is 1.81. The first-order valence-electron chi connectivity index (χ1n) is 10.6. The van der Waals surface area contributed by atoms with Crippen LogP contribution in [0.4, 0.5) is 4.39 Å². The Kier molecular flexibility index (Phi) is 6.88. The van der Waals surface area contributed by atoms with Crippen LogP contribution < -0.4 is 5.32 Å². The number of pyridine rings is 1. The summed E-state index contributed by atoms with van der Waals surface area (Å²) in [5, 5.41) is 2.87. The van der Waals surface area contributed by atoms with Gasteiger partial charge in [-0.3, -0.25) is 19.4 Å². The van der Waals surface area contributed by atoms with Gasteiger partial charge in [0.1, 0.15) is 17.5 Å². The first kappa shape index (κ1) is 23.7. The zero-order valence-corrected chi connectivity index (χ0v) is 19.1. The highest BCUT2D eigenvalue weighted by Crippen LogP contribution is 2.38. The molecule has 0 bridgehead atoms. The molecule has 32 heavy (non-hydrogen) atoms. The number of amides is 1. The molecule has 2 atom stereocenters. The highest BCUT2D eigenvalue weighted by Gasteiger charge is 2.44. The number of aromatic nitrogens is 1. The van der Waals surface area contributed by atoms with E-state index in [-0.39, 0.29) is 30.3 Å². The van der Waals surface area contributed by atoms with Crippen LogP contribution in [0.15, 0.2) is 30.5 Å². The molecule has 6 nitrogen and oxygen atoms in total. The number of nitrogens with zero attached hydrogens (tertiary/aromatic N) is 1. The molecule has 0 aliphatic heterocycles. The predicted molar refractivity (Wildman–Crippen MR) is 119 cm³/mol. The highest BCUT2D eigenvalue weighted by molar-refractivity contribution is 6.15. The Labute approximate surface area is 187 Å². The normalized spacial score (nSPS) is 18.8. The highest BCUT2D eigenvalue weighted by atomic mass is 19.1. The summed E-state index contributed by atoms with van der Waals surface area (Å²) in [6.07, 6.45) is 1.19. The van der Waals surface area contributed by atoms with Gasteiger partial charge >= 0.3 is 0 Å². The molecule has 1 saturated carbocycles. The minimum Gasteiger partial charge on any atom is -0.382 e. The molecule has 0 saturated heterocycles. The van der Waals surface area contributed by atoms with E-state index in [9.17, 15) is 18.8 Å². The number of aryl methyl sites for hydroxylation is 2. The zero-order valence-electron chi connectivity index (χ0n) is 19.1. The summed E-state index contributed by atoms with van der Waals surface area (Å²) in [4.78, 5) is 42.6. The summed E-state index contributed by atoms with van der Waals surface area (Å²) in [5.74, 6) is -2.57. The van der Waals surface area contributed by atoms with Gasteiger partial charge in [0.2, 0.25) is 5.91 Å². The quantitative estimate of drug-likeness (QED) is 0.664. The molecule has 3 rings (SSSR count). The van der Waals surface area contributed by atoms with Crippen molar-refractivity contribution in [3.8, 4) is 11.3 Å². The minimum atomic E-state index is -0.866. The molecule has 0 radical (unpaired) electrons. The molecule has 1 N–H and O–H groups in total. The number of ether oxygens (including phenoxy) is 1. The molecular weight excluding hydrogens is 411 g/mol. The lowest BCUT2D eigenvalue weighted by atomic mass is 9.85. The number of benzene rings is 1. The van der Waals surface area contributed by atoms with Gasteiger partial charge < -0.3 is 10.1 Å². The van der Waals surface area contributed by atoms with Crippen LogP contribution in [0, 0.1) is 25.6 Å². The smallest absolute Gasteiger partial charge is 0.221 e. The third-order valence-corrected chi connectivity index (χ3v) is 5.78. The Morgan fingerprint density at radius 2 is 1.88 bits per heavy atom. The van der Waals surface area contributed by atoms with Gasteiger partial charge in [0.05, 0.1) is 24.0 Å². The summed E-state index contributed by atoms with van der Waals surface area (Å²) in [5.41, 5.74) is 3.12. The van der Waals surface area contributed by atoms with E-state index in [1.54, 1.807) is 13.2 Å². The molecule has 1 aromatic heterocycles. The van der Waals surface area contributed by atoms with Gasteiger partial charge in [0.25, 0.3) is 0 Å². The first-order chi connectivity index (χ1) is 15.0. The van der Waals surface area contributed by atoms with Gasteiger partial charge in [-0.05, 0) is 68.7 Å². The van der Waals surface area contributed by atoms with Gasteiger partial charge in [0, 0.05) is 31.4 Å². The second-order valence-electron chi connectivity index (χ2n) is 9.16. The number of carbonyl (C=O) groups excluding carboxylic acids is 3. The van der Waals surface area contributed by atoms with E-state index < -0.39 is 23.2 Å².